The Bertz CT molecular complexity index is 1440. The van der Waals surface area contributed by atoms with Crippen molar-refractivity contribution in [3.8, 4) is 22.9 Å². The number of aromatic carboxylic acids is 1. The van der Waals surface area contributed by atoms with Crippen LogP contribution >= 0.6 is 0 Å². The fourth-order valence-corrected chi connectivity index (χ4v) is 4.29. The molecular weight excluding hydrogens is 464 g/mol. The number of rotatable bonds is 10. The molecule has 1 unspecified atom stereocenters. The summed E-state index contributed by atoms with van der Waals surface area (Å²) in [6, 6.07) is 28.6. The minimum absolute atomic E-state index is 0.0421. The zero-order valence-electron chi connectivity index (χ0n) is 20.9. The van der Waals surface area contributed by atoms with Gasteiger partial charge in [-0.3, -0.25) is 0 Å². The molecule has 0 fully saturated rings. The quantitative estimate of drug-likeness (QED) is 0.272. The highest BCUT2D eigenvalue weighted by Gasteiger charge is 2.20. The van der Waals surface area contributed by atoms with Gasteiger partial charge in [0.1, 0.15) is 24.5 Å². The number of carboxylic acids is 1. The maximum Gasteiger partial charge on any atom is 0.335 e. The van der Waals surface area contributed by atoms with Crippen molar-refractivity contribution in [3.63, 3.8) is 0 Å². The minimum atomic E-state index is -0.988. The molecule has 0 amide bonds. The van der Waals surface area contributed by atoms with Crippen LogP contribution in [-0.4, -0.2) is 41.0 Å². The number of hydrogen-bond donors (Lipinski definition) is 3. The lowest BCUT2D eigenvalue weighted by Gasteiger charge is -2.28. The van der Waals surface area contributed by atoms with Crippen molar-refractivity contribution >= 4 is 16.7 Å². The number of carbonyl (C=O) groups is 1. The number of nitrogens with one attached hydrogen (secondary N) is 1. The molecule has 6 heteroatoms. The van der Waals surface area contributed by atoms with Crippen molar-refractivity contribution in [2.24, 2.45) is 0 Å². The molecule has 6 nitrogen and oxygen atoms in total. The number of ether oxygens (including phenoxy) is 1. The maximum absolute atomic E-state index is 11.1. The number of fused-ring (bicyclic) bond motifs is 1. The summed E-state index contributed by atoms with van der Waals surface area (Å²) in [4.78, 5) is 11.1. The molecule has 1 atom stereocenters. The highest BCUT2D eigenvalue weighted by Crippen LogP contribution is 2.27. The lowest BCUT2D eigenvalue weighted by Crippen LogP contribution is -2.46. The van der Waals surface area contributed by atoms with Gasteiger partial charge in [-0.05, 0) is 72.0 Å². The van der Waals surface area contributed by atoms with E-state index in [0.29, 0.717) is 17.9 Å². The second-order valence-corrected chi connectivity index (χ2v) is 9.79. The lowest BCUT2D eigenvalue weighted by molar-refractivity contribution is 0.0697. The molecule has 0 aliphatic rings. The first-order valence-corrected chi connectivity index (χ1v) is 12.2. The predicted octanol–water partition coefficient (Wildman–Crippen LogP) is 5.43. The van der Waals surface area contributed by atoms with E-state index in [1.807, 2.05) is 18.2 Å². The Morgan fingerprint density at radius 2 is 1.68 bits per heavy atom. The van der Waals surface area contributed by atoms with Crippen molar-refractivity contribution in [2.75, 3.05) is 13.2 Å². The van der Waals surface area contributed by atoms with Gasteiger partial charge in [0.15, 0.2) is 0 Å². The number of nitriles is 1. The summed E-state index contributed by atoms with van der Waals surface area (Å²) in [5.74, 6) is -0.596. The van der Waals surface area contributed by atoms with Gasteiger partial charge in [-0.15, -0.1) is 0 Å². The summed E-state index contributed by atoms with van der Waals surface area (Å²) in [7, 11) is 0. The molecule has 4 aromatic rings. The van der Waals surface area contributed by atoms with Gasteiger partial charge in [-0.1, -0.05) is 60.7 Å². The van der Waals surface area contributed by atoms with Gasteiger partial charge in [0, 0.05) is 12.1 Å². The van der Waals surface area contributed by atoms with Crippen LogP contribution in [0.2, 0.25) is 0 Å². The molecule has 37 heavy (non-hydrogen) atoms. The lowest BCUT2D eigenvalue weighted by atomic mass is 9.93. The van der Waals surface area contributed by atoms with Gasteiger partial charge in [-0.25, -0.2) is 4.79 Å². The van der Waals surface area contributed by atoms with Crippen molar-refractivity contribution in [2.45, 2.75) is 31.9 Å². The zero-order chi connectivity index (χ0) is 26.4. The summed E-state index contributed by atoms with van der Waals surface area (Å²) in [6.07, 6.45) is 0.0458. The number of nitrogens with zero attached hydrogens (tertiary/aromatic N) is 1. The van der Waals surface area contributed by atoms with Gasteiger partial charge in [-0.2, -0.15) is 5.26 Å². The van der Waals surface area contributed by atoms with E-state index in [1.165, 1.54) is 28.5 Å². The summed E-state index contributed by atoms with van der Waals surface area (Å²) in [5, 5.41) is 35.1. The van der Waals surface area contributed by atoms with Crippen molar-refractivity contribution < 1.29 is 19.7 Å². The largest absolute Gasteiger partial charge is 0.489 e. The average Bonchev–Trinajstić information content (AvgIpc) is 2.90. The third kappa shape index (κ3) is 6.73. The molecule has 0 radical (unpaired) electrons. The summed E-state index contributed by atoms with van der Waals surface area (Å²) in [5.41, 5.74) is 3.10. The van der Waals surface area contributed by atoms with Gasteiger partial charge >= 0.3 is 5.97 Å². The first-order valence-electron chi connectivity index (χ1n) is 12.2. The van der Waals surface area contributed by atoms with Gasteiger partial charge in [0.2, 0.25) is 0 Å². The van der Waals surface area contributed by atoms with E-state index in [1.54, 1.807) is 24.3 Å². The Balaban J connectivity index is 1.32. The molecule has 3 N–H and O–H groups in total. The molecule has 0 aliphatic heterocycles. The fraction of sp³-hybridized carbons (Fsp3) is 0.226. The van der Waals surface area contributed by atoms with Crippen molar-refractivity contribution in [1.29, 1.82) is 5.26 Å². The van der Waals surface area contributed by atoms with Gasteiger partial charge in [0.05, 0.1) is 11.1 Å². The summed E-state index contributed by atoms with van der Waals surface area (Å²) >= 11 is 0. The smallest absolute Gasteiger partial charge is 0.335 e. The topological polar surface area (TPSA) is 103 Å². The molecule has 0 bridgehead atoms. The highest BCUT2D eigenvalue weighted by atomic mass is 16.5. The maximum atomic E-state index is 11.1. The van der Waals surface area contributed by atoms with E-state index >= 15 is 0 Å². The van der Waals surface area contributed by atoms with Crippen LogP contribution < -0.4 is 10.1 Å². The van der Waals surface area contributed by atoms with Crippen LogP contribution in [0.25, 0.3) is 21.9 Å². The van der Waals surface area contributed by atoms with Crippen LogP contribution in [-0.2, 0) is 6.42 Å². The second kappa shape index (κ2) is 11.3. The number of aliphatic hydroxyl groups excluding tert-OH is 1. The number of hydrogen-bond acceptors (Lipinski definition) is 5. The Hall–Kier alpha value is -4.18. The molecule has 188 valence electrons. The van der Waals surface area contributed by atoms with E-state index in [2.05, 4.69) is 55.6 Å². The van der Waals surface area contributed by atoms with Gasteiger partial charge in [0.25, 0.3) is 0 Å². The highest BCUT2D eigenvalue weighted by molar-refractivity contribution is 5.88. The van der Waals surface area contributed by atoms with Crippen LogP contribution in [0.15, 0.2) is 84.9 Å². The number of carboxylic acid groups (broad SMARTS) is 1. The Labute approximate surface area is 216 Å². The van der Waals surface area contributed by atoms with E-state index in [4.69, 9.17) is 9.84 Å². The molecule has 0 spiro atoms. The Morgan fingerprint density at radius 1 is 0.973 bits per heavy atom. The van der Waals surface area contributed by atoms with Crippen LogP contribution in [0, 0.1) is 11.3 Å². The molecule has 0 aromatic heterocycles. The third-order valence-electron chi connectivity index (χ3n) is 6.27. The number of aliphatic hydroxyl groups is 1. The number of benzene rings is 4. The molecule has 0 saturated carbocycles. The van der Waals surface area contributed by atoms with Crippen LogP contribution in [0.4, 0.5) is 0 Å². The first-order chi connectivity index (χ1) is 17.7. The van der Waals surface area contributed by atoms with Gasteiger partial charge < -0.3 is 20.3 Å². The standard InChI is InChI=1S/C31H30N2O4/c1-31(2,17-21-7-8-22-5-3-4-6-25(22)15-21)33-19-28(34)20-37-29-14-13-26(16-27(29)18-32)23-9-11-24(12-10-23)30(35)36/h3-16,28,33-34H,17,19-20H2,1-2H3,(H,35,36). The van der Waals surface area contributed by atoms with E-state index in [0.717, 1.165) is 17.5 Å². The fourth-order valence-electron chi connectivity index (χ4n) is 4.29. The minimum Gasteiger partial charge on any atom is -0.489 e. The first kappa shape index (κ1) is 25.9. The summed E-state index contributed by atoms with van der Waals surface area (Å²) in [6.45, 7) is 4.59. The SMILES string of the molecule is CC(C)(Cc1ccc2ccccc2c1)NCC(O)COc1ccc(-c2ccc(C(=O)O)cc2)cc1C#N. The number of β-amino-alcohol motifs (C(OH)–C–C–N with tert-alkyl or cyclic N) is 1. The monoisotopic (exact) mass is 494 g/mol. The van der Waals surface area contributed by atoms with Crippen LogP contribution in [0.5, 0.6) is 5.75 Å². The molecule has 4 aromatic carbocycles. The third-order valence-corrected chi connectivity index (χ3v) is 6.27. The van der Waals surface area contributed by atoms with Crippen molar-refractivity contribution in [1.82, 2.24) is 5.32 Å². The molecule has 0 saturated heterocycles. The average molecular weight is 495 g/mol. The molecule has 0 heterocycles. The summed E-state index contributed by atoms with van der Waals surface area (Å²) < 4.78 is 5.77. The zero-order valence-corrected chi connectivity index (χ0v) is 20.9. The second-order valence-electron chi connectivity index (χ2n) is 9.79. The van der Waals surface area contributed by atoms with E-state index < -0.39 is 12.1 Å². The Morgan fingerprint density at radius 3 is 2.38 bits per heavy atom. The van der Waals surface area contributed by atoms with E-state index in [-0.39, 0.29) is 17.7 Å². The molecular formula is C31H30N2O4. The van der Waals surface area contributed by atoms with Crippen LogP contribution in [0.3, 0.4) is 0 Å². The molecule has 4 rings (SSSR count). The van der Waals surface area contributed by atoms with Crippen molar-refractivity contribution in [3.05, 3.63) is 102 Å². The Kier molecular flexibility index (Phi) is 7.88. The normalized spacial score (nSPS) is 12.2. The molecule has 0 aliphatic carbocycles. The van der Waals surface area contributed by atoms with Crippen LogP contribution in [0.1, 0.15) is 35.3 Å². The van der Waals surface area contributed by atoms with E-state index in [9.17, 15) is 15.2 Å². The predicted molar refractivity (Wildman–Crippen MR) is 145 cm³/mol.